The smallest absolute Gasteiger partial charge is 0.0729 e. The quantitative estimate of drug-likeness (QED) is 0.525. The van der Waals surface area contributed by atoms with E-state index in [-0.39, 0.29) is 0 Å². The Bertz CT molecular complexity index is 450. The van der Waals surface area contributed by atoms with Crippen molar-refractivity contribution in [1.29, 1.82) is 0 Å². The topological polar surface area (TPSA) is 12.4 Å². The Balaban J connectivity index is 3.27. The van der Waals surface area contributed by atoms with Crippen LogP contribution < -0.4 is 0 Å². The minimum absolute atomic E-state index is 0.451. The second-order valence-electron chi connectivity index (χ2n) is 4.57. The number of aliphatic imine (C=N–C) groups is 1. The number of nitrogens with zero attached hydrogens (tertiary/aromatic N) is 1. The highest BCUT2D eigenvalue weighted by Crippen LogP contribution is 2.23. The van der Waals surface area contributed by atoms with E-state index in [0.29, 0.717) is 5.92 Å². The molecule has 0 aromatic heterocycles. The van der Waals surface area contributed by atoms with Gasteiger partial charge in [-0.1, -0.05) is 50.8 Å². The van der Waals surface area contributed by atoms with Crippen LogP contribution in [-0.2, 0) is 0 Å². The standard InChI is InChI=1S/C16H21N/c1-6-13(4)16(17-11-12(2)3)15-10-8-7-9-14(15)5/h6-12H,1H2,2-5H3/b16-13-,17-11-. The summed E-state index contributed by atoms with van der Waals surface area (Å²) in [4.78, 5) is 4.61. The molecule has 1 rings (SSSR count). The van der Waals surface area contributed by atoms with E-state index >= 15 is 0 Å². The molecule has 0 atom stereocenters. The van der Waals surface area contributed by atoms with E-state index in [9.17, 15) is 0 Å². The van der Waals surface area contributed by atoms with Crippen molar-refractivity contribution in [3.8, 4) is 0 Å². The van der Waals surface area contributed by atoms with Crippen molar-refractivity contribution in [2.75, 3.05) is 0 Å². The van der Waals surface area contributed by atoms with E-state index in [0.717, 1.165) is 11.3 Å². The molecular weight excluding hydrogens is 206 g/mol. The third-order valence-corrected chi connectivity index (χ3v) is 2.58. The SMILES string of the molecule is C=C/C(C)=C(\N=C/C(C)C)c1ccccc1C. The lowest BCUT2D eigenvalue weighted by molar-refractivity contribution is 0.907. The summed E-state index contributed by atoms with van der Waals surface area (Å²) >= 11 is 0. The van der Waals surface area contributed by atoms with Crippen molar-refractivity contribution in [3.05, 3.63) is 53.6 Å². The third-order valence-electron chi connectivity index (χ3n) is 2.58. The Kier molecular flexibility index (Phi) is 4.89. The average Bonchev–Trinajstić information content (AvgIpc) is 2.30. The van der Waals surface area contributed by atoms with Crippen molar-refractivity contribution in [2.24, 2.45) is 10.9 Å². The summed E-state index contributed by atoms with van der Waals surface area (Å²) in [6.45, 7) is 12.2. The van der Waals surface area contributed by atoms with Gasteiger partial charge in [-0.2, -0.15) is 0 Å². The number of hydrogen-bond acceptors (Lipinski definition) is 1. The molecule has 0 saturated heterocycles. The Morgan fingerprint density at radius 3 is 2.47 bits per heavy atom. The third kappa shape index (κ3) is 3.70. The molecule has 0 amide bonds. The molecule has 1 nitrogen and oxygen atoms in total. The maximum Gasteiger partial charge on any atom is 0.0729 e. The van der Waals surface area contributed by atoms with Crippen molar-refractivity contribution >= 4 is 11.9 Å². The van der Waals surface area contributed by atoms with E-state index in [1.807, 2.05) is 31.3 Å². The molecule has 1 aromatic rings. The van der Waals surface area contributed by atoms with E-state index in [4.69, 9.17) is 0 Å². The molecule has 90 valence electrons. The maximum atomic E-state index is 4.61. The van der Waals surface area contributed by atoms with Crippen LogP contribution in [0, 0.1) is 12.8 Å². The van der Waals surface area contributed by atoms with Gasteiger partial charge in [0.15, 0.2) is 0 Å². The summed E-state index contributed by atoms with van der Waals surface area (Å²) < 4.78 is 0. The molecule has 0 spiro atoms. The van der Waals surface area contributed by atoms with Crippen LogP contribution >= 0.6 is 0 Å². The molecule has 0 aliphatic heterocycles. The van der Waals surface area contributed by atoms with Crippen molar-refractivity contribution in [2.45, 2.75) is 27.7 Å². The largest absolute Gasteiger partial charge is 0.260 e. The summed E-state index contributed by atoms with van der Waals surface area (Å²) in [5, 5.41) is 0. The Labute approximate surface area is 105 Å². The fourth-order valence-electron chi connectivity index (χ4n) is 1.54. The Morgan fingerprint density at radius 2 is 1.94 bits per heavy atom. The van der Waals surface area contributed by atoms with Crippen LogP contribution in [0.3, 0.4) is 0 Å². The molecule has 0 N–H and O–H groups in total. The zero-order chi connectivity index (χ0) is 12.8. The fourth-order valence-corrected chi connectivity index (χ4v) is 1.54. The zero-order valence-corrected chi connectivity index (χ0v) is 11.2. The van der Waals surface area contributed by atoms with Gasteiger partial charge in [0.05, 0.1) is 5.70 Å². The zero-order valence-electron chi connectivity index (χ0n) is 11.2. The van der Waals surface area contributed by atoms with Gasteiger partial charge in [-0.25, -0.2) is 0 Å². The van der Waals surface area contributed by atoms with E-state index in [1.165, 1.54) is 11.1 Å². The summed E-state index contributed by atoms with van der Waals surface area (Å²) in [5.41, 5.74) is 4.55. The second kappa shape index (κ2) is 6.19. The first-order valence-electron chi connectivity index (χ1n) is 5.99. The van der Waals surface area contributed by atoms with Crippen LogP contribution in [0.4, 0.5) is 0 Å². The molecule has 0 unspecified atom stereocenters. The highest BCUT2D eigenvalue weighted by Gasteiger charge is 2.05. The molecular formula is C16H21N. The van der Waals surface area contributed by atoms with E-state index in [1.54, 1.807) is 0 Å². The fraction of sp³-hybridized carbons (Fsp3) is 0.312. The van der Waals surface area contributed by atoms with Crippen molar-refractivity contribution in [1.82, 2.24) is 0 Å². The van der Waals surface area contributed by atoms with Gasteiger partial charge in [0.25, 0.3) is 0 Å². The minimum atomic E-state index is 0.451. The summed E-state index contributed by atoms with van der Waals surface area (Å²) in [7, 11) is 0. The van der Waals surface area contributed by atoms with Gasteiger partial charge in [0, 0.05) is 11.8 Å². The van der Waals surface area contributed by atoms with Gasteiger partial charge in [0.2, 0.25) is 0 Å². The first-order chi connectivity index (χ1) is 8.06. The molecule has 0 radical (unpaired) electrons. The molecule has 1 heteroatoms. The van der Waals surface area contributed by atoms with Crippen molar-refractivity contribution in [3.63, 3.8) is 0 Å². The molecule has 0 heterocycles. The number of rotatable bonds is 4. The minimum Gasteiger partial charge on any atom is -0.260 e. The van der Waals surface area contributed by atoms with Crippen molar-refractivity contribution < 1.29 is 0 Å². The Hall–Kier alpha value is -1.63. The highest BCUT2D eigenvalue weighted by atomic mass is 14.7. The van der Waals surface area contributed by atoms with Crippen LogP contribution in [0.5, 0.6) is 0 Å². The highest BCUT2D eigenvalue weighted by molar-refractivity contribution is 5.78. The predicted molar refractivity (Wildman–Crippen MR) is 77.3 cm³/mol. The van der Waals surface area contributed by atoms with Gasteiger partial charge in [-0.15, -0.1) is 0 Å². The number of hydrogen-bond donors (Lipinski definition) is 0. The molecule has 0 saturated carbocycles. The van der Waals surface area contributed by atoms with Gasteiger partial charge in [0.1, 0.15) is 0 Å². The van der Waals surface area contributed by atoms with Crippen LogP contribution in [0.25, 0.3) is 5.70 Å². The number of benzene rings is 1. The van der Waals surface area contributed by atoms with Crippen LogP contribution in [0.2, 0.25) is 0 Å². The first kappa shape index (κ1) is 13.4. The lowest BCUT2D eigenvalue weighted by Crippen LogP contribution is -1.93. The van der Waals surface area contributed by atoms with Gasteiger partial charge < -0.3 is 0 Å². The first-order valence-corrected chi connectivity index (χ1v) is 5.99. The monoisotopic (exact) mass is 227 g/mol. The average molecular weight is 227 g/mol. The Morgan fingerprint density at radius 1 is 1.29 bits per heavy atom. The molecule has 0 aliphatic rings. The maximum absolute atomic E-state index is 4.61. The van der Waals surface area contributed by atoms with Crippen LogP contribution in [0.15, 0.2) is 47.5 Å². The van der Waals surface area contributed by atoms with Gasteiger partial charge in [-0.05, 0) is 30.9 Å². The summed E-state index contributed by atoms with van der Waals surface area (Å²) in [5.74, 6) is 0.451. The second-order valence-corrected chi connectivity index (χ2v) is 4.57. The van der Waals surface area contributed by atoms with E-state index < -0.39 is 0 Å². The molecule has 17 heavy (non-hydrogen) atoms. The predicted octanol–water partition coefficient (Wildman–Crippen LogP) is 4.64. The summed E-state index contributed by atoms with van der Waals surface area (Å²) in [6.07, 6.45) is 3.84. The van der Waals surface area contributed by atoms with Crippen LogP contribution in [0.1, 0.15) is 31.9 Å². The lowest BCUT2D eigenvalue weighted by Gasteiger charge is -2.09. The normalized spacial score (nSPS) is 13.0. The lowest BCUT2D eigenvalue weighted by atomic mass is 10.0. The van der Waals surface area contributed by atoms with Gasteiger partial charge >= 0.3 is 0 Å². The molecule has 0 aliphatic carbocycles. The number of allylic oxidation sites excluding steroid dienone is 2. The summed E-state index contributed by atoms with van der Waals surface area (Å²) in [6, 6.07) is 8.31. The van der Waals surface area contributed by atoms with Crippen LogP contribution in [-0.4, -0.2) is 6.21 Å². The molecule has 1 aromatic carbocycles. The molecule has 0 fully saturated rings. The van der Waals surface area contributed by atoms with Gasteiger partial charge in [-0.3, -0.25) is 4.99 Å². The molecule has 0 bridgehead atoms. The van der Waals surface area contributed by atoms with E-state index in [2.05, 4.69) is 44.5 Å². The number of aryl methyl sites for hydroxylation is 1.